The number of likely N-dealkylation sites (N-methyl/N-ethyl adjacent to an activating group) is 1. The second-order valence-corrected chi connectivity index (χ2v) is 3.91. The predicted octanol–water partition coefficient (Wildman–Crippen LogP) is 0.230. The molecule has 2 heterocycles. The summed E-state index contributed by atoms with van der Waals surface area (Å²) in [6.07, 6.45) is 2.33. The Morgan fingerprint density at radius 3 is 2.86 bits per heavy atom. The second kappa shape index (κ2) is 3.59. The van der Waals surface area contributed by atoms with Crippen LogP contribution in [0.5, 0.6) is 0 Å². The van der Waals surface area contributed by atoms with Gasteiger partial charge in [-0.2, -0.15) is 0 Å². The molecule has 2 fully saturated rings. The minimum atomic E-state index is -0.148. The monoisotopic (exact) mass is 196 g/mol. The Balaban J connectivity index is 2.13. The number of piperazine rings is 1. The maximum atomic E-state index is 11.9. The zero-order chi connectivity index (χ0) is 10.1. The third-order valence-electron chi connectivity index (χ3n) is 3.15. The summed E-state index contributed by atoms with van der Waals surface area (Å²) in [5, 5.41) is 0. The van der Waals surface area contributed by atoms with Gasteiger partial charge in [-0.3, -0.25) is 9.59 Å². The molecule has 0 aromatic heterocycles. The molecule has 0 radical (unpaired) electrons. The lowest BCUT2D eigenvalue weighted by molar-refractivity contribution is -0.154. The third kappa shape index (κ3) is 1.38. The molecule has 0 saturated carbocycles. The van der Waals surface area contributed by atoms with E-state index in [-0.39, 0.29) is 17.9 Å². The fourth-order valence-corrected chi connectivity index (χ4v) is 2.32. The number of fused-ring (bicyclic) bond motifs is 1. The van der Waals surface area contributed by atoms with Gasteiger partial charge in [-0.05, 0) is 19.8 Å². The van der Waals surface area contributed by atoms with Crippen LogP contribution in [-0.2, 0) is 9.59 Å². The fraction of sp³-hybridized carbons (Fsp3) is 0.800. The number of hydrogen-bond donors (Lipinski definition) is 0. The van der Waals surface area contributed by atoms with E-state index in [4.69, 9.17) is 0 Å². The zero-order valence-electron chi connectivity index (χ0n) is 8.53. The number of nitrogens with zero attached hydrogens (tertiary/aromatic N) is 2. The topological polar surface area (TPSA) is 40.6 Å². The van der Waals surface area contributed by atoms with Crippen LogP contribution in [0, 0.1) is 0 Å². The van der Waals surface area contributed by atoms with Gasteiger partial charge in [-0.15, -0.1) is 0 Å². The van der Waals surface area contributed by atoms with Gasteiger partial charge in [-0.25, -0.2) is 0 Å². The Kier molecular flexibility index (Phi) is 2.44. The minimum Gasteiger partial charge on any atom is -0.339 e. The summed E-state index contributed by atoms with van der Waals surface area (Å²) in [5.74, 6) is 0.303. The van der Waals surface area contributed by atoms with E-state index in [0.29, 0.717) is 13.0 Å². The van der Waals surface area contributed by atoms with E-state index >= 15 is 0 Å². The van der Waals surface area contributed by atoms with Crippen molar-refractivity contribution in [2.24, 2.45) is 0 Å². The van der Waals surface area contributed by atoms with Crippen molar-refractivity contribution in [3.63, 3.8) is 0 Å². The standard InChI is InChI=1S/C10H16N2O2/c1-2-11-6-7-12-8(10(11)14)4-3-5-9(12)13/h8H,2-7H2,1H3. The summed E-state index contributed by atoms with van der Waals surface area (Å²) in [6, 6.07) is -0.148. The molecule has 78 valence electrons. The maximum absolute atomic E-state index is 11.9. The molecule has 4 nitrogen and oxygen atoms in total. The number of piperidine rings is 1. The van der Waals surface area contributed by atoms with Crippen LogP contribution in [0.3, 0.4) is 0 Å². The van der Waals surface area contributed by atoms with Crippen molar-refractivity contribution in [3.8, 4) is 0 Å². The van der Waals surface area contributed by atoms with Crippen molar-refractivity contribution in [2.75, 3.05) is 19.6 Å². The quantitative estimate of drug-likeness (QED) is 0.602. The molecule has 0 aromatic rings. The molecule has 0 aromatic carbocycles. The van der Waals surface area contributed by atoms with Crippen LogP contribution in [-0.4, -0.2) is 47.3 Å². The Morgan fingerprint density at radius 2 is 2.14 bits per heavy atom. The molecule has 2 aliphatic heterocycles. The normalized spacial score (nSPS) is 27.9. The largest absolute Gasteiger partial charge is 0.339 e. The molecule has 0 spiro atoms. The molecular formula is C10H16N2O2. The minimum absolute atomic E-state index is 0.145. The molecule has 2 aliphatic rings. The summed E-state index contributed by atoms with van der Waals surface area (Å²) in [6.45, 7) is 4.18. The third-order valence-corrected chi connectivity index (χ3v) is 3.15. The molecule has 14 heavy (non-hydrogen) atoms. The molecule has 1 atom stereocenters. The lowest BCUT2D eigenvalue weighted by Crippen LogP contribution is -2.60. The van der Waals surface area contributed by atoms with Crippen LogP contribution >= 0.6 is 0 Å². The molecule has 2 saturated heterocycles. The first-order chi connectivity index (χ1) is 6.74. The van der Waals surface area contributed by atoms with Crippen molar-refractivity contribution >= 4 is 11.8 Å². The average molecular weight is 196 g/mol. The van der Waals surface area contributed by atoms with E-state index in [9.17, 15) is 9.59 Å². The van der Waals surface area contributed by atoms with Gasteiger partial charge in [0.05, 0.1) is 0 Å². The molecule has 0 bridgehead atoms. The highest BCUT2D eigenvalue weighted by atomic mass is 16.2. The molecule has 0 aliphatic carbocycles. The van der Waals surface area contributed by atoms with E-state index in [0.717, 1.165) is 25.9 Å². The number of carbonyl (C=O) groups excluding carboxylic acids is 2. The molecule has 0 N–H and O–H groups in total. The SMILES string of the molecule is CCN1CCN2C(=O)CCCC2C1=O. The lowest BCUT2D eigenvalue weighted by Gasteiger charge is -2.42. The van der Waals surface area contributed by atoms with Crippen LogP contribution in [0.15, 0.2) is 0 Å². The number of rotatable bonds is 1. The summed E-state index contributed by atoms with van der Waals surface area (Å²) in [4.78, 5) is 27.0. The Morgan fingerprint density at radius 1 is 1.36 bits per heavy atom. The highest BCUT2D eigenvalue weighted by molar-refractivity contribution is 5.89. The molecule has 1 unspecified atom stereocenters. The van der Waals surface area contributed by atoms with Gasteiger partial charge in [0.1, 0.15) is 6.04 Å². The van der Waals surface area contributed by atoms with Crippen molar-refractivity contribution < 1.29 is 9.59 Å². The van der Waals surface area contributed by atoms with Gasteiger partial charge in [-0.1, -0.05) is 0 Å². The van der Waals surface area contributed by atoms with Crippen molar-refractivity contribution in [2.45, 2.75) is 32.2 Å². The van der Waals surface area contributed by atoms with Gasteiger partial charge in [0.15, 0.2) is 0 Å². The Hall–Kier alpha value is -1.06. The highest BCUT2D eigenvalue weighted by Gasteiger charge is 2.38. The number of carbonyl (C=O) groups is 2. The van der Waals surface area contributed by atoms with E-state index in [1.165, 1.54) is 0 Å². The van der Waals surface area contributed by atoms with Crippen LogP contribution in [0.2, 0.25) is 0 Å². The molecule has 2 rings (SSSR count). The Labute approximate surface area is 83.9 Å². The first kappa shape index (κ1) is 9.49. The van der Waals surface area contributed by atoms with Crippen molar-refractivity contribution in [3.05, 3.63) is 0 Å². The van der Waals surface area contributed by atoms with E-state index in [2.05, 4.69) is 0 Å². The van der Waals surface area contributed by atoms with Crippen molar-refractivity contribution in [1.82, 2.24) is 9.80 Å². The zero-order valence-corrected chi connectivity index (χ0v) is 8.53. The van der Waals surface area contributed by atoms with Crippen LogP contribution in [0.25, 0.3) is 0 Å². The van der Waals surface area contributed by atoms with Crippen LogP contribution in [0.4, 0.5) is 0 Å². The summed E-state index contributed by atoms with van der Waals surface area (Å²) < 4.78 is 0. The van der Waals surface area contributed by atoms with Gasteiger partial charge >= 0.3 is 0 Å². The van der Waals surface area contributed by atoms with Crippen LogP contribution in [0.1, 0.15) is 26.2 Å². The summed E-state index contributed by atoms with van der Waals surface area (Å²) in [5.41, 5.74) is 0. The summed E-state index contributed by atoms with van der Waals surface area (Å²) >= 11 is 0. The van der Waals surface area contributed by atoms with Crippen LogP contribution < -0.4 is 0 Å². The van der Waals surface area contributed by atoms with Gasteiger partial charge in [0.25, 0.3) is 0 Å². The fourth-order valence-electron chi connectivity index (χ4n) is 2.32. The second-order valence-electron chi connectivity index (χ2n) is 3.91. The lowest BCUT2D eigenvalue weighted by atomic mass is 9.98. The van der Waals surface area contributed by atoms with E-state index in [1.807, 2.05) is 11.8 Å². The first-order valence-corrected chi connectivity index (χ1v) is 5.32. The van der Waals surface area contributed by atoms with E-state index < -0.39 is 0 Å². The highest BCUT2D eigenvalue weighted by Crippen LogP contribution is 2.22. The summed E-state index contributed by atoms with van der Waals surface area (Å²) in [7, 11) is 0. The maximum Gasteiger partial charge on any atom is 0.245 e. The number of hydrogen-bond acceptors (Lipinski definition) is 2. The average Bonchev–Trinajstić information content (AvgIpc) is 2.20. The molecular weight excluding hydrogens is 180 g/mol. The molecule has 2 amide bonds. The van der Waals surface area contributed by atoms with Gasteiger partial charge < -0.3 is 9.80 Å². The predicted molar refractivity (Wildman–Crippen MR) is 51.6 cm³/mol. The van der Waals surface area contributed by atoms with E-state index in [1.54, 1.807) is 4.90 Å². The van der Waals surface area contributed by atoms with Crippen molar-refractivity contribution in [1.29, 1.82) is 0 Å². The van der Waals surface area contributed by atoms with Gasteiger partial charge in [0.2, 0.25) is 11.8 Å². The molecule has 4 heteroatoms. The number of amides is 2. The van der Waals surface area contributed by atoms with Gasteiger partial charge in [0, 0.05) is 26.1 Å². The smallest absolute Gasteiger partial charge is 0.245 e. The first-order valence-electron chi connectivity index (χ1n) is 5.32. The Bertz CT molecular complexity index is 265.